The minimum atomic E-state index is -4.35. The fraction of sp³-hybridized carbons (Fsp3) is 0.500. The molecule has 0 saturated heterocycles. The van der Waals surface area contributed by atoms with E-state index in [-0.39, 0.29) is 18.9 Å². The number of hydrogen-bond donors (Lipinski definition) is 1. The first-order valence-corrected chi connectivity index (χ1v) is 6.25. The number of benzene rings is 1. The third-order valence-corrected chi connectivity index (χ3v) is 2.71. The van der Waals surface area contributed by atoms with E-state index in [2.05, 4.69) is 10.1 Å². The fourth-order valence-corrected chi connectivity index (χ4v) is 1.68. The standard InChI is InChI=1S/C14H18F3NO2/c1-10-3-4-12(11(2)7-10)8-18-13(19)5-6-20-9-14(15,16)17/h3-4,7H,5-6,8-9H2,1-2H3,(H,18,19). The summed E-state index contributed by atoms with van der Waals surface area (Å²) in [6.07, 6.45) is -4.43. The molecule has 0 heterocycles. The molecule has 0 radical (unpaired) electrons. The van der Waals surface area contributed by atoms with E-state index in [1.54, 1.807) is 0 Å². The van der Waals surface area contributed by atoms with Crippen molar-refractivity contribution in [2.75, 3.05) is 13.2 Å². The number of alkyl halides is 3. The molecule has 0 aromatic heterocycles. The normalized spacial score (nSPS) is 11.4. The summed E-state index contributed by atoms with van der Waals surface area (Å²) in [6, 6.07) is 5.87. The Morgan fingerprint density at radius 2 is 2.00 bits per heavy atom. The molecule has 6 heteroatoms. The molecule has 0 aliphatic carbocycles. The highest BCUT2D eigenvalue weighted by molar-refractivity contribution is 5.75. The van der Waals surface area contributed by atoms with Gasteiger partial charge in [0, 0.05) is 13.0 Å². The van der Waals surface area contributed by atoms with Gasteiger partial charge in [-0.2, -0.15) is 13.2 Å². The molecule has 0 unspecified atom stereocenters. The predicted molar refractivity (Wildman–Crippen MR) is 69.3 cm³/mol. The number of carbonyl (C=O) groups is 1. The van der Waals surface area contributed by atoms with Crippen LogP contribution in [0.25, 0.3) is 0 Å². The first-order valence-electron chi connectivity index (χ1n) is 6.25. The van der Waals surface area contributed by atoms with E-state index >= 15 is 0 Å². The van der Waals surface area contributed by atoms with Crippen molar-refractivity contribution in [1.82, 2.24) is 5.32 Å². The van der Waals surface area contributed by atoms with Crippen molar-refractivity contribution >= 4 is 5.91 Å². The second-order valence-corrected chi connectivity index (χ2v) is 4.62. The third kappa shape index (κ3) is 6.56. The van der Waals surface area contributed by atoms with Crippen molar-refractivity contribution in [2.45, 2.75) is 33.0 Å². The van der Waals surface area contributed by atoms with Crippen LogP contribution < -0.4 is 5.32 Å². The molecule has 0 aliphatic rings. The Hall–Kier alpha value is -1.56. The first kappa shape index (κ1) is 16.5. The molecule has 3 nitrogen and oxygen atoms in total. The Bertz CT molecular complexity index is 458. The van der Waals surface area contributed by atoms with E-state index in [1.165, 1.54) is 0 Å². The molecule has 20 heavy (non-hydrogen) atoms. The highest BCUT2D eigenvalue weighted by atomic mass is 19.4. The Kier molecular flexibility index (Phi) is 6.01. The molecule has 1 aromatic rings. The minimum absolute atomic E-state index is 0.0824. The lowest BCUT2D eigenvalue weighted by atomic mass is 10.1. The van der Waals surface area contributed by atoms with Gasteiger partial charge in [0.2, 0.25) is 5.91 Å². The lowest BCUT2D eigenvalue weighted by Gasteiger charge is -2.10. The molecule has 0 saturated carbocycles. The van der Waals surface area contributed by atoms with Crippen molar-refractivity contribution in [3.63, 3.8) is 0 Å². The number of carbonyl (C=O) groups excluding carboxylic acids is 1. The quantitative estimate of drug-likeness (QED) is 0.818. The summed E-state index contributed by atoms with van der Waals surface area (Å²) in [4.78, 5) is 11.4. The predicted octanol–water partition coefficient (Wildman–Crippen LogP) is 2.89. The number of aryl methyl sites for hydroxylation is 2. The zero-order valence-electron chi connectivity index (χ0n) is 11.5. The number of hydrogen-bond acceptors (Lipinski definition) is 2. The van der Waals surface area contributed by atoms with Gasteiger partial charge in [-0.05, 0) is 25.0 Å². The Balaban J connectivity index is 2.26. The van der Waals surface area contributed by atoms with Gasteiger partial charge < -0.3 is 10.1 Å². The van der Waals surface area contributed by atoms with Crippen LogP contribution in [0, 0.1) is 13.8 Å². The highest BCUT2D eigenvalue weighted by Gasteiger charge is 2.27. The van der Waals surface area contributed by atoms with Crippen molar-refractivity contribution < 1.29 is 22.7 Å². The van der Waals surface area contributed by atoms with E-state index in [0.717, 1.165) is 16.7 Å². The maximum atomic E-state index is 11.8. The molecule has 1 N–H and O–H groups in total. The summed E-state index contributed by atoms with van der Waals surface area (Å²) in [6.45, 7) is 2.73. The number of halogens is 3. The van der Waals surface area contributed by atoms with Gasteiger partial charge in [-0.3, -0.25) is 4.79 Å². The van der Waals surface area contributed by atoms with Gasteiger partial charge in [0.05, 0.1) is 6.61 Å². The summed E-state index contributed by atoms with van der Waals surface area (Å²) < 4.78 is 39.8. The molecule has 0 fully saturated rings. The number of rotatable bonds is 6. The van der Waals surface area contributed by atoms with E-state index in [9.17, 15) is 18.0 Å². The van der Waals surface area contributed by atoms with Crippen LogP contribution in [0.2, 0.25) is 0 Å². The third-order valence-electron chi connectivity index (χ3n) is 2.71. The smallest absolute Gasteiger partial charge is 0.372 e. The second-order valence-electron chi connectivity index (χ2n) is 4.62. The molecule has 112 valence electrons. The number of nitrogens with one attached hydrogen (secondary N) is 1. The van der Waals surface area contributed by atoms with Crippen LogP contribution >= 0.6 is 0 Å². The summed E-state index contributed by atoms with van der Waals surface area (Å²) in [5, 5.41) is 2.66. The van der Waals surface area contributed by atoms with Crippen LogP contribution in [0.5, 0.6) is 0 Å². The largest absolute Gasteiger partial charge is 0.411 e. The molecule has 0 aliphatic heterocycles. The van der Waals surface area contributed by atoms with Crippen LogP contribution in [0.4, 0.5) is 13.2 Å². The van der Waals surface area contributed by atoms with E-state index in [0.29, 0.717) is 6.54 Å². The average molecular weight is 289 g/mol. The van der Waals surface area contributed by atoms with Crippen LogP contribution in [-0.2, 0) is 16.1 Å². The minimum Gasteiger partial charge on any atom is -0.372 e. The lowest BCUT2D eigenvalue weighted by Crippen LogP contribution is -2.25. The Labute approximate surface area is 116 Å². The Morgan fingerprint density at radius 1 is 1.30 bits per heavy atom. The molecule has 0 spiro atoms. The van der Waals surface area contributed by atoms with Crippen LogP contribution in [0.1, 0.15) is 23.1 Å². The van der Waals surface area contributed by atoms with Gasteiger partial charge in [-0.15, -0.1) is 0 Å². The van der Waals surface area contributed by atoms with Crippen LogP contribution in [0.3, 0.4) is 0 Å². The Morgan fingerprint density at radius 3 is 2.60 bits per heavy atom. The topological polar surface area (TPSA) is 38.3 Å². The summed E-state index contributed by atoms with van der Waals surface area (Å²) >= 11 is 0. The molecule has 0 atom stereocenters. The summed E-state index contributed by atoms with van der Waals surface area (Å²) in [7, 11) is 0. The molecule has 1 aromatic carbocycles. The molecular weight excluding hydrogens is 271 g/mol. The molecule has 1 amide bonds. The number of ether oxygens (including phenoxy) is 1. The molecular formula is C14H18F3NO2. The lowest BCUT2D eigenvalue weighted by molar-refractivity contribution is -0.174. The van der Waals surface area contributed by atoms with Crippen molar-refractivity contribution in [2.24, 2.45) is 0 Å². The van der Waals surface area contributed by atoms with E-state index in [1.807, 2.05) is 32.0 Å². The fourth-order valence-electron chi connectivity index (χ4n) is 1.68. The zero-order chi connectivity index (χ0) is 15.2. The maximum absolute atomic E-state index is 11.8. The van der Waals surface area contributed by atoms with Gasteiger partial charge in [0.1, 0.15) is 6.61 Å². The maximum Gasteiger partial charge on any atom is 0.411 e. The molecule has 1 rings (SSSR count). The van der Waals surface area contributed by atoms with Gasteiger partial charge in [0.25, 0.3) is 0 Å². The van der Waals surface area contributed by atoms with Gasteiger partial charge >= 0.3 is 6.18 Å². The second kappa shape index (κ2) is 7.28. The van der Waals surface area contributed by atoms with Crippen molar-refractivity contribution in [3.05, 3.63) is 34.9 Å². The SMILES string of the molecule is Cc1ccc(CNC(=O)CCOCC(F)(F)F)c(C)c1. The van der Waals surface area contributed by atoms with Crippen LogP contribution in [0.15, 0.2) is 18.2 Å². The van der Waals surface area contributed by atoms with Gasteiger partial charge in [-0.25, -0.2) is 0 Å². The average Bonchev–Trinajstić information content (AvgIpc) is 2.32. The summed E-state index contributed by atoms with van der Waals surface area (Å²) in [5.74, 6) is -0.327. The van der Waals surface area contributed by atoms with E-state index in [4.69, 9.17) is 0 Å². The zero-order valence-corrected chi connectivity index (χ0v) is 11.5. The van der Waals surface area contributed by atoms with Gasteiger partial charge in [-0.1, -0.05) is 23.8 Å². The van der Waals surface area contributed by atoms with Crippen molar-refractivity contribution in [3.8, 4) is 0 Å². The summed E-state index contributed by atoms with van der Waals surface area (Å²) in [5.41, 5.74) is 3.19. The van der Waals surface area contributed by atoms with Crippen LogP contribution in [-0.4, -0.2) is 25.3 Å². The monoisotopic (exact) mass is 289 g/mol. The van der Waals surface area contributed by atoms with E-state index < -0.39 is 12.8 Å². The van der Waals surface area contributed by atoms with Crippen molar-refractivity contribution in [1.29, 1.82) is 0 Å². The number of amides is 1. The highest BCUT2D eigenvalue weighted by Crippen LogP contribution is 2.14. The molecule has 0 bridgehead atoms. The first-order chi connectivity index (χ1) is 9.28. The van der Waals surface area contributed by atoms with Gasteiger partial charge in [0.15, 0.2) is 0 Å².